The lowest BCUT2D eigenvalue weighted by atomic mass is 10.2. The number of ether oxygens (including phenoxy) is 1. The van der Waals surface area contributed by atoms with Gasteiger partial charge in [0.1, 0.15) is 12.3 Å². The van der Waals surface area contributed by atoms with E-state index < -0.39 is 11.9 Å². The third kappa shape index (κ3) is 7.10. The number of carbonyl (C=O) groups is 3. The summed E-state index contributed by atoms with van der Waals surface area (Å²) in [5, 5.41) is 8.00. The Morgan fingerprint density at radius 3 is 2.24 bits per heavy atom. The maximum absolute atomic E-state index is 12.9. The van der Waals surface area contributed by atoms with E-state index in [2.05, 4.69) is 16.0 Å². The molecule has 33 heavy (non-hydrogen) atoms. The van der Waals surface area contributed by atoms with Gasteiger partial charge >= 0.3 is 6.03 Å². The molecule has 0 unspecified atom stereocenters. The lowest BCUT2D eigenvalue weighted by molar-refractivity contribution is -0.121. The van der Waals surface area contributed by atoms with Crippen LogP contribution in [0.3, 0.4) is 0 Å². The number of nitrogens with one attached hydrogen (secondary N) is 3. The Kier molecular flexibility index (Phi) is 8.02. The first-order valence-corrected chi connectivity index (χ1v) is 10.4. The van der Waals surface area contributed by atoms with Crippen LogP contribution in [-0.4, -0.2) is 38.0 Å². The first kappa shape index (κ1) is 23.3. The van der Waals surface area contributed by atoms with Crippen LogP contribution < -0.4 is 25.6 Å². The molecule has 0 saturated carbocycles. The normalized spacial score (nSPS) is 10.1. The van der Waals surface area contributed by atoms with Gasteiger partial charge in [0.05, 0.1) is 13.7 Å². The average molecular weight is 447 g/mol. The molecule has 0 radical (unpaired) electrons. The van der Waals surface area contributed by atoms with E-state index in [1.165, 1.54) is 4.90 Å². The largest absolute Gasteiger partial charge is 0.497 e. The van der Waals surface area contributed by atoms with E-state index in [9.17, 15) is 14.4 Å². The quantitative estimate of drug-likeness (QED) is 0.490. The standard InChI is InChI=1S/C25H26N4O4/c1-18-7-6-8-20(15-18)28-25(32)26-16-24(31)29(21-9-4-3-5-10-21)17-23(30)27-19-11-13-22(33-2)14-12-19/h3-15H,16-17H2,1-2H3,(H,27,30)(H2,26,28,32). The minimum Gasteiger partial charge on any atom is -0.497 e. The highest BCUT2D eigenvalue weighted by Crippen LogP contribution is 2.17. The molecule has 0 saturated heterocycles. The van der Waals surface area contributed by atoms with Crippen molar-refractivity contribution in [1.82, 2.24) is 5.32 Å². The summed E-state index contributed by atoms with van der Waals surface area (Å²) >= 11 is 0. The summed E-state index contributed by atoms with van der Waals surface area (Å²) in [7, 11) is 1.56. The Morgan fingerprint density at radius 2 is 1.58 bits per heavy atom. The van der Waals surface area contributed by atoms with Gasteiger partial charge in [0.2, 0.25) is 11.8 Å². The van der Waals surface area contributed by atoms with Gasteiger partial charge in [-0.15, -0.1) is 0 Å². The number of hydrogen-bond acceptors (Lipinski definition) is 4. The van der Waals surface area contributed by atoms with Crippen molar-refractivity contribution < 1.29 is 19.1 Å². The summed E-state index contributed by atoms with van der Waals surface area (Å²) in [5.74, 6) is -0.129. The van der Waals surface area contributed by atoms with Crippen LogP contribution in [0.4, 0.5) is 21.9 Å². The van der Waals surface area contributed by atoms with Gasteiger partial charge in [-0.25, -0.2) is 4.79 Å². The first-order chi connectivity index (χ1) is 15.9. The molecule has 8 nitrogen and oxygen atoms in total. The van der Waals surface area contributed by atoms with Crippen LogP contribution in [0.1, 0.15) is 5.56 Å². The smallest absolute Gasteiger partial charge is 0.319 e. The molecule has 0 aliphatic heterocycles. The molecule has 0 spiro atoms. The van der Waals surface area contributed by atoms with Crippen molar-refractivity contribution in [2.75, 3.05) is 35.7 Å². The third-order valence-electron chi connectivity index (χ3n) is 4.72. The molecule has 170 valence electrons. The van der Waals surface area contributed by atoms with Crippen molar-refractivity contribution in [2.24, 2.45) is 0 Å². The second-order valence-corrected chi connectivity index (χ2v) is 7.27. The Bertz CT molecular complexity index is 1100. The monoisotopic (exact) mass is 446 g/mol. The molecule has 0 heterocycles. The van der Waals surface area contributed by atoms with Gasteiger partial charge in [-0.1, -0.05) is 30.3 Å². The zero-order valence-corrected chi connectivity index (χ0v) is 18.5. The summed E-state index contributed by atoms with van der Waals surface area (Å²) in [4.78, 5) is 39.1. The fraction of sp³-hybridized carbons (Fsp3) is 0.160. The van der Waals surface area contributed by atoms with Crippen LogP contribution in [0.15, 0.2) is 78.9 Å². The first-order valence-electron chi connectivity index (χ1n) is 10.4. The third-order valence-corrected chi connectivity index (χ3v) is 4.72. The number of rotatable bonds is 8. The van der Waals surface area contributed by atoms with Gasteiger partial charge in [0.25, 0.3) is 0 Å². The molecule has 0 aliphatic rings. The molecule has 0 aliphatic carbocycles. The second kappa shape index (κ2) is 11.3. The zero-order valence-electron chi connectivity index (χ0n) is 18.5. The van der Waals surface area contributed by atoms with Crippen molar-refractivity contribution in [3.05, 3.63) is 84.4 Å². The summed E-state index contributed by atoms with van der Waals surface area (Å²) in [6.45, 7) is 1.43. The summed E-state index contributed by atoms with van der Waals surface area (Å²) < 4.78 is 5.11. The number of para-hydroxylation sites is 1. The Hall–Kier alpha value is -4.33. The SMILES string of the molecule is COc1ccc(NC(=O)CN(C(=O)CNC(=O)Nc2cccc(C)c2)c2ccccc2)cc1. The van der Waals surface area contributed by atoms with Crippen LogP contribution in [0.5, 0.6) is 5.75 Å². The Balaban J connectivity index is 1.62. The highest BCUT2D eigenvalue weighted by atomic mass is 16.5. The van der Waals surface area contributed by atoms with Crippen molar-refractivity contribution in [1.29, 1.82) is 0 Å². The van der Waals surface area contributed by atoms with Crippen LogP contribution >= 0.6 is 0 Å². The highest BCUT2D eigenvalue weighted by Gasteiger charge is 2.20. The van der Waals surface area contributed by atoms with E-state index in [-0.39, 0.29) is 19.0 Å². The van der Waals surface area contributed by atoms with Crippen LogP contribution in [-0.2, 0) is 9.59 Å². The van der Waals surface area contributed by atoms with Gasteiger partial charge in [-0.05, 0) is 61.0 Å². The van der Waals surface area contributed by atoms with E-state index in [1.54, 1.807) is 61.7 Å². The number of urea groups is 1. The average Bonchev–Trinajstić information content (AvgIpc) is 2.82. The predicted octanol–water partition coefficient (Wildman–Crippen LogP) is 3.80. The van der Waals surface area contributed by atoms with Gasteiger partial charge < -0.3 is 25.6 Å². The van der Waals surface area contributed by atoms with Crippen molar-refractivity contribution in [3.63, 3.8) is 0 Å². The molecule has 3 rings (SSSR count). The molecule has 3 N–H and O–H groups in total. The van der Waals surface area contributed by atoms with Gasteiger partial charge in [-0.3, -0.25) is 9.59 Å². The molecule has 0 bridgehead atoms. The topological polar surface area (TPSA) is 99.8 Å². The number of hydrogen-bond donors (Lipinski definition) is 3. The van der Waals surface area contributed by atoms with E-state index in [4.69, 9.17) is 4.74 Å². The molecular formula is C25H26N4O4. The van der Waals surface area contributed by atoms with E-state index >= 15 is 0 Å². The van der Waals surface area contributed by atoms with Gasteiger partial charge in [0, 0.05) is 17.1 Å². The fourth-order valence-electron chi connectivity index (χ4n) is 3.10. The molecule has 0 fully saturated rings. The number of benzene rings is 3. The molecule has 0 aromatic heterocycles. The fourth-order valence-corrected chi connectivity index (χ4v) is 3.10. The number of aryl methyl sites for hydroxylation is 1. The molecule has 0 atom stereocenters. The minimum absolute atomic E-state index is 0.212. The molecule has 8 heteroatoms. The Morgan fingerprint density at radius 1 is 0.848 bits per heavy atom. The predicted molar refractivity (Wildman–Crippen MR) is 129 cm³/mol. The van der Waals surface area contributed by atoms with Crippen molar-refractivity contribution in [3.8, 4) is 5.75 Å². The number of methoxy groups -OCH3 is 1. The molecule has 4 amide bonds. The summed E-state index contributed by atoms with van der Waals surface area (Å²) in [5.41, 5.74) is 2.76. The van der Waals surface area contributed by atoms with E-state index in [0.717, 1.165) is 5.56 Å². The highest BCUT2D eigenvalue weighted by molar-refractivity contribution is 6.04. The molecular weight excluding hydrogens is 420 g/mol. The summed E-state index contributed by atoms with van der Waals surface area (Å²) in [6.07, 6.45) is 0. The van der Waals surface area contributed by atoms with Gasteiger partial charge in [0.15, 0.2) is 0 Å². The van der Waals surface area contributed by atoms with E-state index in [0.29, 0.717) is 22.8 Å². The summed E-state index contributed by atoms with van der Waals surface area (Å²) in [6, 6.07) is 22.5. The van der Waals surface area contributed by atoms with Crippen LogP contribution in [0.2, 0.25) is 0 Å². The molecule has 3 aromatic rings. The second-order valence-electron chi connectivity index (χ2n) is 7.27. The van der Waals surface area contributed by atoms with E-state index in [1.807, 2.05) is 31.2 Å². The number of nitrogens with zero attached hydrogens (tertiary/aromatic N) is 1. The van der Waals surface area contributed by atoms with Crippen molar-refractivity contribution >= 4 is 34.9 Å². The Labute approximate surface area is 192 Å². The molecule has 3 aromatic carbocycles. The maximum atomic E-state index is 12.9. The minimum atomic E-state index is -0.510. The lowest BCUT2D eigenvalue weighted by Gasteiger charge is -2.22. The number of amides is 4. The maximum Gasteiger partial charge on any atom is 0.319 e. The lowest BCUT2D eigenvalue weighted by Crippen LogP contribution is -2.44. The zero-order chi connectivity index (χ0) is 23.6. The van der Waals surface area contributed by atoms with Crippen LogP contribution in [0, 0.1) is 6.92 Å². The number of anilines is 3. The van der Waals surface area contributed by atoms with Crippen molar-refractivity contribution in [2.45, 2.75) is 6.92 Å². The number of carbonyl (C=O) groups excluding carboxylic acids is 3. The van der Waals surface area contributed by atoms with Gasteiger partial charge in [-0.2, -0.15) is 0 Å². The van der Waals surface area contributed by atoms with Crippen LogP contribution in [0.25, 0.3) is 0 Å².